The van der Waals surface area contributed by atoms with Gasteiger partial charge in [-0.05, 0) is 25.8 Å². The van der Waals surface area contributed by atoms with E-state index in [-0.39, 0.29) is 11.3 Å². The number of likely N-dealkylation sites (N-methyl/N-ethyl adjacent to an activating group) is 1. The first-order chi connectivity index (χ1) is 12.5. The van der Waals surface area contributed by atoms with Crippen molar-refractivity contribution in [3.63, 3.8) is 0 Å². The Morgan fingerprint density at radius 1 is 1.31 bits per heavy atom. The Morgan fingerprint density at radius 3 is 2.65 bits per heavy atom. The van der Waals surface area contributed by atoms with Crippen LogP contribution in [0.1, 0.15) is 24.8 Å². The largest absolute Gasteiger partial charge is 0.496 e. The van der Waals surface area contributed by atoms with Gasteiger partial charge in [-0.15, -0.1) is 0 Å². The summed E-state index contributed by atoms with van der Waals surface area (Å²) >= 11 is 1.47. The molecule has 1 aliphatic rings. The molecule has 1 aromatic heterocycles. The van der Waals surface area contributed by atoms with Gasteiger partial charge < -0.3 is 23.9 Å². The SMILES string of the molecule is CCSc1cc(=O)c2c(OC)cc(OC)c([C@@H]3CCN(C)C[C@@H]3O)c2o1. The summed E-state index contributed by atoms with van der Waals surface area (Å²) in [6.45, 7) is 3.42. The lowest BCUT2D eigenvalue weighted by atomic mass is 9.85. The van der Waals surface area contributed by atoms with Crippen molar-refractivity contribution in [3.05, 3.63) is 27.9 Å². The van der Waals surface area contributed by atoms with Crippen LogP contribution in [0.3, 0.4) is 0 Å². The topological polar surface area (TPSA) is 72.1 Å². The number of aliphatic hydroxyl groups excluding tert-OH is 1. The van der Waals surface area contributed by atoms with E-state index in [0.29, 0.717) is 34.1 Å². The second-order valence-corrected chi connectivity index (χ2v) is 7.75. The maximum absolute atomic E-state index is 12.8. The van der Waals surface area contributed by atoms with Gasteiger partial charge in [-0.2, -0.15) is 0 Å². The van der Waals surface area contributed by atoms with Gasteiger partial charge >= 0.3 is 0 Å². The molecule has 0 aliphatic carbocycles. The van der Waals surface area contributed by atoms with Crippen LogP contribution in [0.2, 0.25) is 0 Å². The van der Waals surface area contributed by atoms with Gasteiger partial charge in [-0.3, -0.25) is 4.79 Å². The number of fused-ring (bicyclic) bond motifs is 1. The number of piperidine rings is 1. The number of hydrogen-bond acceptors (Lipinski definition) is 7. The van der Waals surface area contributed by atoms with Crippen LogP contribution in [0.25, 0.3) is 11.0 Å². The third-order valence-corrected chi connectivity index (χ3v) is 5.60. The van der Waals surface area contributed by atoms with Gasteiger partial charge in [-0.25, -0.2) is 0 Å². The van der Waals surface area contributed by atoms with E-state index in [1.165, 1.54) is 24.9 Å². The third-order valence-electron chi connectivity index (χ3n) is 4.83. The minimum atomic E-state index is -0.563. The number of benzene rings is 1. The lowest BCUT2D eigenvalue weighted by Gasteiger charge is -2.34. The summed E-state index contributed by atoms with van der Waals surface area (Å²) in [5, 5.41) is 11.6. The summed E-state index contributed by atoms with van der Waals surface area (Å²) in [6, 6.07) is 3.21. The van der Waals surface area contributed by atoms with Gasteiger partial charge in [0.2, 0.25) is 0 Å². The number of nitrogens with zero attached hydrogens (tertiary/aromatic N) is 1. The van der Waals surface area contributed by atoms with Crippen LogP contribution in [0.15, 0.2) is 26.4 Å². The van der Waals surface area contributed by atoms with E-state index in [9.17, 15) is 9.90 Å². The second kappa shape index (κ2) is 7.90. The molecule has 0 unspecified atom stereocenters. The Hall–Kier alpha value is -1.70. The van der Waals surface area contributed by atoms with Crippen LogP contribution >= 0.6 is 11.8 Å². The summed E-state index contributed by atoms with van der Waals surface area (Å²) < 4.78 is 17.1. The molecule has 6 nitrogen and oxygen atoms in total. The molecule has 2 heterocycles. The number of hydrogen-bond donors (Lipinski definition) is 1. The molecule has 0 radical (unpaired) electrons. The Labute approximate surface area is 157 Å². The molecule has 1 saturated heterocycles. The van der Waals surface area contributed by atoms with Gasteiger partial charge in [0.15, 0.2) is 10.5 Å². The standard InChI is InChI=1S/C19H25NO5S/c1-5-26-16-8-12(21)18-15(24-4)9-14(23-3)17(19(18)25-16)11-6-7-20(2)10-13(11)22/h8-9,11,13,22H,5-7,10H2,1-4H3/t11-,13+/m1/s1. The highest BCUT2D eigenvalue weighted by Gasteiger charge is 2.33. The summed E-state index contributed by atoms with van der Waals surface area (Å²) in [5.41, 5.74) is 1.06. The molecule has 1 fully saturated rings. The minimum Gasteiger partial charge on any atom is -0.496 e. The fourth-order valence-electron chi connectivity index (χ4n) is 3.60. The maximum Gasteiger partial charge on any atom is 0.197 e. The molecule has 0 saturated carbocycles. The zero-order valence-corrected chi connectivity index (χ0v) is 16.4. The van der Waals surface area contributed by atoms with Crippen molar-refractivity contribution in [3.8, 4) is 11.5 Å². The van der Waals surface area contributed by atoms with Gasteiger partial charge in [0.1, 0.15) is 22.5 Å². The van der Waals surface area contributed by atoms with Crippen LogP contribution in [0, 0.1) is 0 Å². The lowest BCUT2D eigenvalue weighted by molar-refractivity contribution is 0.0630. The first kappa shape index (κ1) is 19.1. The molecule has 1 N–H and O–H groups in total. The van der Waals surface area contributed by atoms with Crippen molar-refractivity contribution >= 4 is 22.7 Å². The minimum absolute atomic E-state index is 0.148. The van der Waals surface area contributed by atoms with E-state index in [4.69, 9.17) is 13.9 Å². The van der Waals surface area contributed by atoms with E-state index in [0.717, 1.165) is 24.3 Å². The fraction of sp³-hybridized carbons (Fsp3) is 0.526. The number of likely N-dealkylation sites (tertiary alicyclic amines) is 1. The van der Waals surface area contributed by atoms with Crippen molar-refractivity contribution in [2.75, 3.05) is 40.1 Å². The predicted octanol–water partition coefficient (Wildman–Crippen LogP) is 2.70. The summed E-state index contributed by atoms with van der Waals surface area (Å²) in [4.78, 5) is 14.8. The average Bonchev–Trinajstić information content (AvgIpc) is 2.61. The van der Waals surface area contributed by atoms with Crippen LogP contribution < -0.4 is 14.9 Å². The predicted molar refractivity (Wildman–Crippen MR) is 103 cm³/mol. The Bertz CT molecular complexity index is 850. The quantitative estimate of drug-likeness (QED) is 0.801. The highest BCUT2D eigenvalue weighted by Crippen LogP contribution is 2.43. The molecule has 0 spiro atoms. The molecule has 0 amide bonds. The molecule has 2 atom stereocenters. The second-order valence-electron chi connectivity index (χ2n) is 6.49. The molecule has 3 rings (SSSR count). The molecule has 1 aromatic carbocycles. The third kappa shape index (κ3) is 3.43. The Kier molecular flexibility index (Phi) is 5.79. The van der Waals surface area contributed by atoms with Gasteiger partial charge in [0, 0.05) is 30.2 Å². The van der Waals surface area contributed by atoms with Gasteiger partial charge in [0.05, 0.1) is 20.3 Å². The smallest absolute Gasteiger partial charge is 0.197 e. The molecule has 142 valence electrons. The van der Waals surface area contributed by atoms with E-state index >= 15 is 0 Å². The molecule has 2 aromatic rings. The highest BCUT2D eigenvalue weighted by atomic mass is 32.2. The summed E-state index contributed by atoms with van der Waals surface area (Å²) in [7, 11) is 5.08. The van der Waals surface area contributed by atoms with Crippen molar-refractivity contribution in [2.24, 2.45) is 0 Å². The normalized spacial score (nSPS) is 21.1. The zero-order chi connectivity index (χ0) is 18.8. The number of ether oxygens (including phenoxy) is 2. The van der Waals surface area contributed by atoms with E-state index < -0.39 is 6.10 Å². The Morgan fingerprint density at radius 2 is 2.04 bits per heavy atom. The highest BCUT2D eigenvalue weighted by molar-refractivity contribution is 7.99. The first-order valence-corrected chi connectivity index (χ1v) is 9.70. The zero-order valence-electron chi connectivity index (χ0n) is 15.6. The molecule has 1 aliphatic heterocycles. The van der Waals surface area contributed by atoms with E-state index in [1.807, 2.05) is 14.0 Å². The average molecular weight is 379 g/mol. The fourth-order valence-corrected chi connectivity index (χ4v) is 4.21. The van der Waals surface area contributed by atoms with Crippen molar-refractivity contribution < 1.29 is 19.0 Å². The summed E-state index contributed by atoms with van der Waals surface area (Å²) in [6.07, 6.45) is 0.191. The van der Waals surface area contributed by atoms with Gasteiger partial charge in [0.25, 0.3) is 0 Å². The number of thioether (sulfide) groups is 1. The van der Waals surface area contributed by atoms with Gasteiger partial charge in [-0.1, -0.05) is 18.7 Å². The molecule has 26 heavy (non-hydrogen) atoms. The van der Waals surface area contributed by atoms with Crippen molar-refractivity contribution in [2.45, 2.75) is 30.5 Å². The van der Waals surface area contributed by atoms with Crippen LogP contribution in [-0.2, 0) is 0 Å². The molecule has 0 bridgehead atoms. The number of rotatable bonds is 5. The van der Waals surface area contributed by atoms with Crippen molar-refractivity contribution in [1.82, 2.24) is 4.90 Å². The molecular formula is C19H25NO5S. The monoisotopic (exact) mass is 379 g/mol. The van der Waals surface area contributed by atoms with Crippen LogP contribution in [-0.4, -0.2) is 56.2 Å². The van der Waals surface area contributed by atoms with Crippen LogP contribution in [0.5, 0.6) is 11.5 Å². The maximum atomic E-state index is 12.8. The molecule has 7 heteroatoms. The number of β-amino-alcohol motifs (C(OH)–C–C–N with tert-alkyl or cyclic N) is 1. The molecular weight excluding hydrogens is 354 g/mol. The summed E-state index contributed by atoms with van der Waals surface area (Å²) in [5.74, 6) is 1.62. The van der Waals surface area contributed by atoms with E-state index in [1.54, 1.807) is 13.2 Å². The number of methoxy groups -OCH3 is 2. The lowest BCUT2D eigenvalue weighted by Crippen LogP contribution is -2.40. The van der Waals surface area contributed by atoms with Crippen molar-refractivity contribution in [1.29, 1.82) is 0 Å². The first-order valence-electron chi connectivity index (χ1n) is 8.72. The Balaban J connectivity index is 2.30. The van der Waals surface area contributed by atoms with Crippen LogP contribution in [0.4, 0.5) is 0 Å². The number of aliphatic hydroxyl groups is 1. The van der Waals surface area contributed by atoms with E-state index in [2.05, 4.69) is 4.90 Å².